The summed E-state index contributed by atoms with van der Waals surface area (Å²) in [6.45, 7) is -0.528. The van der Waals surface area contributed by atoms with Crippen LogP contribution in [0.25, 0.3) is 0 Å². The molecule has 0 spiro atoms. The van der Waals surface area contributed by atoms with Crippen molar-refractivity contribution in [2.45, 2.75) is 36.7 Å². The number of rotatable bonds is 5. The zero-order chi connectivity index (χ0) is 15.9. The van der Waals surface area contributed by atoms with Gasteiger partial charge in [-0.1, -0.05) is 0 Å². The van der Waals surface area contributed by atoms with Crippen LogP contribution in [0.3, 0.4) is 0 Å². The van der Waals surface area contributed by atoms with Crippen LogP contribution in [0.2, 0.25) is 0 Å². The highest BCUT2D eigenvalue weighted by atomic mass is 19.4. The van der Waals surface area contributed by atoms with E-state index in [4.69, 9.17) is 0 Å². The largest absolute Gasteiger partial charge is 0.459 e. The third-order valence-electron chi connectivity index (χ3n) is 2.45. The molecule has 19 heavy (non-hydrogen) atoms. The lowest BCUT2D eigenvalue weighted by Gasteiger charge is -2.42. The Morgan fingerprint density at radius 2 is 1.05 bits per heavy atom. The predicted octanol–water partition coefficient (Wildman–Crippen LogP) is 3.46. The Balaban J connectivity index is 6.03. The Morgan fingerprint density at radius 3 is 1.26 bits per heavy atom. The Labute approximate surface area is 101 Å². The summed E-state index contributed by atoms with van der Waals surface area (Å²) in [6, 6.07) is 0. The summed E-state index contributed by atoms with van der Waals surface area (Å²) in [5, 5.41) is 0. The Morgan fingerprint density at radius 1 is 0.684 bits per heavy atom. The van der Waals surface area contributed by atoms with E-state index in [1.54, 1.807) is 0 Å². The number of hydrogen-bond donors (Lipinski definition) is 0. The molecular weight excluding hydrogens is 299 g/mol. The summed E-state index contributed by atoms with van der Waals surface area (Å²) < 4.78 is 121. The first kappa shape index (κ1) is 18.3. The van der Waals surface area contributed by atoms with E-state index >= 15 is 0 Å². The molecule has 0 N–H and O–H groups in total. The van der Waals surface area contributed by atoms with Crippen molar-refractivity contribution in [1.82, 2.24) is 0 Å². The first-order valence-electron chi connectivity index (χ1n) is 4.43. The molecule has 0 aromatic carbocycles. The SMILES string of the molecule is COC(F)(F)C(C)(F)C(F)(OC)C(F)(F)C(F)(F)F. The maximum atomic E-state index is 13.6. The molecule has 0 bridgehead atoms. The van der Waals surface area contributed by atoms with Gasteiger partial charge in [0.05, 0.1) is 0 Å². The molecule has 0 heterocycles. The molecule has 0 aliphatic carbocycles. The van der Waals surface area contributed by atoms with Gasteiger partial charge in [-0.25, -0.2) is 8.78 Å². The van der Waals surface area contributed by atoms with Gasteiger partial charge in [0.2, 0.25) is 0 Å². The maximum absolute atomic E-state index is 13.6. The zero-order valence-corrected chi connectivity index (χ0v) is 9.72. The normalized spacial score (nSPS) is 20.8. The standard InChI is InChI=1S/C8H9F9O2/c1-4(9,8(16,17)19-3)6(12,18-2)5(10,11)7(13,14)15/h1-3H3. The second-order valence-electron chi connectivity index (χ2n) is 3.60. The molecule has 11 heteroatoms. The Kier molecular flexibility index (Phi) is 4.51. The van der Waals surface area contributed by atoms with Crippen molar-refractivity contribution in [2.75, 3.05) is 14.2 Å². The van der Waals surface area contributed by atoms with Crippen molar-refractivity contribution in [3.63, 3.8) is 0 Å². The van der Waals surface area contributed by atoms with Gasteiger partial charge in [-0.2, -0.15) is 30.7 Å². The van der Waals surface area contributed by atoms with E-state index in [1.165, 1.54) is 0 Å². The molecule has 2 nitrogen and oxygen atoms in total. The molecule has 0 radical (unpaired) electrons. The quantitative estimate of drug-likeness (QED) is 0.724. The number of ether oxygens (including phenoxy) is 2. The van der Waals surface area contributed by atoms with E-state index < -0.39 is 36.7 Å². The molecule has 0 saturated heterocycles. The molecule has 0 aromatic heterocycles. The van der Waals surface area contributed by atoms with Crippen LogP contribution in [0, 0.1) is 0 Å². The lowest BCUT2D eigenvalue weighted by Crippen LogP contribution is -2.70. The summed E-state index contributed by atoms with van der Waals surface area (Å²) >= 11 is 0. The molecule has 0 saturated carbocycles. The lowest BCUT2D eigenvalue weighted by molar-refractivity contribution is -0.444. The van der Waals surface area contributed by atoms with Crippen molar-refractivity contribution in [3.05, 3.63) is 0 Å². The molecule has 0 rings (SSSR count). The van der Waals surface area contributed by atoms with Gasteiger partial charge in [-0.05, 0) is 6.92 Å². The molecule has 0 aliphatic rings. The molecule has 0 aromatic rings. The van der Waals surface area contributed by atoms with Gasteiger partial charge in [0.15, 0.2) is 0 Å². The number of hydrogen-bond acceptors (Lipinski definition) is 2. The van der Waals surface area contributed by atoms with Crippen LogP contribution < -0.4 is 0 Å². The third kappa shape index (κ3) is 2.37. The highest BCUT2D eigenvalue weighted by Crippen LogP contribution is 2.55. The topological polar surface area (TPSA) is 18.5 Å². The molecule has 2 unspecified atom stereocenters. The van der Waals surface area contributed by atoms with Gasteiger partial charge < -0.3 is 9.47 Å². The predicted molar refractivity (Wildman–Crippen MR) is 43.3 cm³/mol. The van der Waals surface area contributed by atoms with Crippen LogP contribution in [0.1, 0.15) is 6.92 Å². The van der Waals surface area contributed by atoms with Gasteiger partial charge in [-0.3, -0.25) is 0 Å². The van der Waals surface area contributed by atoms with Crippen molar-refractivity contribution in [2.24, 2.45) is 0 Å². The zero-order valence-electron chi connectivity index (χ0n) is 9.72. The number of methoxy groups -OCH3 is 2. The summed E-state index contributed by atoms with van der Waals surface area (Å²) in [4.78, 5) is 0. The summed E-state index contributed by atoms with van der Waals surface area (Å²) in [5.74, 6) is -12.2. The van der Waals surface area contributed by atoms with Crippen molar-refractivity contribution in [1.29, 1.82) is 0 Å². The van der Waals surface area contributed by atoms with Crippen LogP contribution in [-0.2, 0) is 9.47 Å². The van der Waals surface area contributed by atoms with E-state index in [-0.39, 0.29) is 14.2 Å². The maximum Gasteiger partial charge on any atom is 0.459 e. The fourth-order valence-corrected chi connectivity index (χ4v) is 1.18. The van der Waals surface area contributed by atoms with Gasteiger partial charge in [0.25, 0.3) is 5.67 Å². The number of halogens is 9. The fourth-order valence-electron chi connectivity index (χ4n) is 1.18. The minimum absolute atomic E-state index is 0.0969. The van der Waals surface area contributed by atoms with Crippen LogP contribution in [-0.4, -0.2) is 44.0 Å². The molecular formula is C8H9F9O2. The van der Waals surface area contributed by atoms with E-state index in [0.717, 1.165) is 0 Å². The van der Waals surface area contributed by atoms with Gasteiger partial charge in [-0.15, -0.1) is 0 Å². The van der Waals surface area contributed by atoms with Crippen molar-refractivity contribution < 1.29 is 49.0 Å². The first-order valence-corrected chi connectivity index (χ1v) is 4.43. The van der Waals surface area contributed by atoms with Gasteiger partial charge >= 0.3 is 24.1 Å². The average Bonchev–Trinajstić information content (AvgIpc) is 2.25. The van der Waals surface area contributed by atoms with Crippen LogP contribution in [0.4, 0.5) is 39.5 Å². The second kappa shape index (κ2) is 4.69. The van der Waals surface area contributed by atoms with Crippen LogP contribution in [0.5, 0.6) is 0 Å². The highest BCUT2D eigenvalue weighted by Gasteiger charge is 2.84. The van der Waals surface area contributed by atoms with Crippen LogP contribution in [0.15, 0.2) is 0 Å². The van der Waals surface area contributed by atoms with Gasteiger partial charge in [0.1, 0.15) is 0 Å². The minimum atomic E-state index is -6.66. The first-order chi connectivity index (χ1) is 8.12. The second-order valence-corrected chi connectivity index (χ2v) is 3.60. The molecule has 2 atom stereocenters. The smallest absolute Gasteiger partial charge is 0.342 e. The fraction of sp³-hybridized carbons (Fsp3) is 1.00. The number of alkyl halides is 9. The highest BCUT2D eigenvalue weighted by molar-refractivity contribution is 5.07. The molecule has 116 valence electrons. The van der Waals surface area contributed by atoms with Gasteiger partial charge in [0, 0.05) is 14.2 Å². The lowest BCUT2D eigenvalue weighted by atomic mass is 9.90. The van der Waals surface area contributed by atoms with Crippen molar-refractivity contribution >= 4 is 0 Å². The Bertz CT molecular complexity index is 325. The third-order valence-corrected chi connectivity index (χ3v) is 2.45. The average molecular weight is 308 g/mol. The summed E-state index contributed by atoms with van der Waals surface area (Å²) in [6.07, 6.45) is -12.0. The minimum Gasteiger partial charge on any atom is -0.342 e. The van der Waals surface area contributed by atoms with Crippen molar-refractivity contribution in [3.8, 4) is 0 Å². The summed E-state index contributed by atoms with van der Waals surface area (Å²) in [7, 11) is -0.0111. The monoisotopic (exact) mass is 308 g/mol. The molecule has 0 fully saturated rings. The summed E-state index contributed by atoms with van der Waals surface area (Å²) in [5.41, 5.74) is -5.12. The molecule has 0 aliphatic heterocycles. The Hall–Kier alpha value is -0.710. The van der Waals surface area contributed by atoms with E-state index in [1.807, 2.05) is 0 Å². The van der Waals surface area contributed by atoms with E-state index in [2.05, 4.69) is 9.47 Å². The van der Waals surface area contributed by atoms with Crippen LogP contribution >= 0.6 is 0 Å². The van der Waals surface area contributed by atoms with E-state index in [0.29, 0.717) is 0 Å². The van der Waals surface area contributed by atoms with E-state index in [9.17, 15) is 39.5 Å². The molecule has 0 amide bonds.